The first kappa shape index (κ1) is 17.0. The summed E-state index contributed by atoms with van der Waals surface area (Å²) in [4.78, 5) is 23.7. The lowest BCUT2D eigenvalue weighted by molar-refractivity contribution is 0.0954. The molecule has 2 aromatic carbocycles. The second kappa shape index (κ2) is 7.74. The van der Waals surface area contributed by atoms with Crippen LogP contribution in [0.4, 0.5) is 4.39 Å². The smallest absolute Gasteiger partial charge is 0.251 e. The molecule has 120 valence electrons. The highest BCUT2D eigenvalue weighted by Crippen LogP contribution is 2.19. The van der Waals surface area contributed by atoms with Crippen molar-refractivity contribution < 1.29 is 14.0 Å². The number of rotatable bonds is 5. The molecule has 0 fully saturated rings. The predicted octanol–water partition coefficient (Wildman–Crippen LogP) is 2.81. The fourth-order valence-corrected chi connectivity index (χ4v) is 2.38. The van der Waals surface area contributed by atoms with Gasteiger partial charge in [0.05, 0.1) is 0 Å². The van der Waals surface area contributed by atoms with E-state index in [0.717, 1.165) is 0 Å². The summed E-state index contributed by atoms with van der Waals surface area (Å²) in [6.07, 6.45) is 0.284. The van der Waals surface area contributed by atoms with E-state index in [1.165, 1.54) is 25.2 Å². The van der Waals surface area contributed by atoms with Gasteiger partial charge in [0.15, 0.2) is 0 Å². The van der Waals surface area contributed by atoms with Gasteiger partial charge in [-0.15, -0.1) is 0 Å². The van der Waals surface area contributed by atoms with Gasteiger partial charge < -0.3 is 10.6 Å². The van der Waals surface area contributed by atoms with Crippen LogP contribution in [0.3, 0.4) is 0 Å². The summed E-state index contributed by atoms with van der Waals surface area (Å²) in [5, 5.41) is 5.52. The topological polar surface area (TPSA) is 58.2 Å². The van der Waals surface area contributed by atoms with Gasteiger partial charge in [0.2, 0.25) is 0 Å². The van der Waals surface area contributed by atoms with E-state index >= 15 is 0 Å². The first-order valence-corrected chi connectivity index (χ1v) is 7.44. The maximum atomic E-state index is 13.6. The molecule has 2 amide bonds. The Balaban J connectivity index is 1.99. The van der Waals surface area contributed by atoms with Crippen molar-refractivity contribution in [1.82, 2.24) is 10.6 Å². The minimum absolute atomic E-state index is 0.240. The van der Waals surface area contributed by atoms with Gasteiger partial charge in [-0.25, -0.2) is 4.39 Å². The standard InChI is InChI=1S/C17H16ClFN2O2/c1-20-16(22)11-4-2-5-12(10-11)17(23)21-9-8-13-14(18)6-3-7-15(13)19/h2-7,10H,8-9H2,1H3,(H,20,22)(H,21,23). The first-order valence-electron chi connectivity index (χ1n) is 7.06. The van der Waals surface area contributed by atoms with Crippen LogP contribution in [0.15, 0.2) is 42.5 Å². The molecule has 0 aliphatic carbocycles. The molecule has 0 atom stereocenters. The molecular weight excluding hydrogens is 319 g/mol. The van der Waals surface area contributed by atoms with Crippen molar-refractivity contribution in [2.75, 3.05) is 13.6 Å². The SMILES string of the molecule is CNC(=O)c1cccc(C(=O)NCCc2c(F)cccc2Cl)c1. The lowest BCUT2D eigenvalue weighted by Gasteiger charge is -2.08. The summed E-state index contributed by atoms with van der Waals surface area (Å²) in [5.74, 6) is -0.991. The fraction of sp³-hybridized carbons (Fsp3) is 0.176. The fourth-order valence-electron chi connectivity index (χ4n) is 2.12. The minimum Gasteiger partial charge on any atom is -0.355 e. The summed E-state index contributed by atoms with van der Waals surface area (Å²) in [6, 6.07) is 10.8. The van der Waals surface area contributed by atoms with Gasteiger partial charge in [-0.3, -0.25) is 9.59 Å². The lowest BCUT2D eigenvalue weighted by Crippen LogP contribution is -2.26. The van der Waals surface area contributed by atoms with E-state index in [1.807, 2.05) is 0 Å². The van der Waals surface area contributed by atoms with Gasteiger partial charge in [-0.05, 0) is 36.8 Å². The van der Waals surface area contributed by atoms with Crippen LogP contribution in [-0.2, 0) is 6.42 Å². The van der Waals surface area contributed by atoms with Crippen molar-refractivity contribution in [3.05, 3.63) is 70.0 Å². The van der Waals surface area contributed by atoms with Crippen molar-refractivity contribution >= 4 is 23.4 Å². The number of benzene rings is 2. The van der Waals surface area contributed by atoms with Gasteiger partial charge in [-0.1, -0.05) is 23.7 Å². The van der Waals surface area contributed by atoms with Crippen molar-refractivity contribution in [2.45, 2.75) is 6.42 Å². The monoisotopic (exact) mass is 334 g/mol. The summed E-state index contributed by atoms with van der Waals surface area (Å²) < 4.78 is 13.6. The van der Waals surface area contributed by atoms with E-state index in [0.29, 0.717) is 21.7 Å². The van der Waals surface area contributed by atoms with E-state index in [-0.39, 0.29) is 24.8 Å². The van der Waals surface area contributed by atoms with Crippen LogP contribution in [0.2, 0.25) is 5.02 Å². The number of hydrogen-bond acceptors (Lipinski definition) is 2. The van der Waals surface area contributed by atoms with Crippen LogP contribution in [0.1, 0.15) is 26.3 Å². The third-order valence-electron chi connectivity index (χ3n) is 3.34. The second-order valence-corrected chi connectivity index (χ2v) is 5.27. The number of hydrogen-bond donors (Lipinski definition) is 2. The van der Waals surface area contributed by atoms with Gasteiger partial charge in [-0.2, -0.15) is 0 Å². The Morgan fingerprint density at radius 2 is 1.74 bits per heavy atom. The molecule has 0 spiro atoms. The van der Waals surface area contributed by atoms with Crippen LogP contribution < -0.4 is 10.6 Å². The summed E-state index contributed by atoms with van der Waals surface area (Å²) in [7, 11) is 1.52. The highest BCUT2D eigenvalue weighted by Gasteiger charge is 2.11. The Bertz CT molecular complexity index is 714. The molecule has 0 aliphatic heterocycles. The van der Waals surface area contributed by atoms with Crippen molar-refractivity contribution in [3.8, 4) is 0 Å². The number of carbonyl (C=O) groups excluding carboxylic acids is 2. The van der Waals surface area contributed by atoms with Gasteiger partial charge in [0.1, 0.15) is 5.82 Å². The molecule has 0 aromatic heterocycles. The third-order valence-corrected chi connectivity index (χ3v) is 3.69. The van der Waals surface area contributed by atoms with Crippen molar-refractivity contribution in [1.29, 1.82) is 0 Å². The molecular formula is C17H16ClFN2O2. The first-order chi connectivity index (χ1) is 11.0. The highest BCUT2D eigenvalue weighted by atomic mass is 35.5. The summed E-state index contributed by atoms with van der Waals surface area (Å²) in [5.41, 5.74) is 1.14. The molecule has 0 aliphatic rings. The largest absolute Gasteiger partial charge is 0.355 e. The second-order valence-electron chi connectivity index (χ2n) is 4.87. The predicted molar refractivity (Wildman–Crippen MR) is 87.3 cm³/mol. The van der Waals surface area contributed by atoms with Crippen LogP contribution in [0.25, 0.3) is 0 Å². The Labute approximate surface area is 138 Å². The Kier molecular flexibility index (Phi) is 5.71. The molecule has 0 heterocycles. The van der Waals surface area contributed by atoms with E-state index in [4.69, 9.17) is 11.6 Å². The molecule has 23 heavy (non-hydrogen) atoms. The number of nitrogens with one attached hydrogen (secondary N) is 2. The molecule has 0 bridgehead atoms. The maximum Gasteiger partial charge on any atom is 0.251 e. The van der Waals surface area contributed by atoms with Crippen LogP contribution in [0.5, 0.6) is 0 Å². The number of carbonyl (C=O) groups is 2. The molecule has 0 saturated carbocycles. The summed E-state index contributed by atoms with van der Waals surface area (Å²) in [6.45, 7) is 0.240. The Morgan fingerprint density at radius 1 is 1.09 bits per heavy atom. The molecule has 0 unspecified atom stereocenters. The normalized spacial score (nSPS) is 10.2. The molecule has 2 aromatic rings. The van der Waals surface area contributed by atoms with E-state index in [1.54, 1.807) is 24.3 Å². The lowest BCUT2D eigenvalue weighted by atomic mass is 10.1. The average Bonchev–Trinajstić information content (AvgIpc) is 2.56. The van der Waals surface area contributed by atoms with Gasteiger partial charge >= 0.3 is 0 Å². The summed E-state index contributed by atoms with van der Waals surface area (Å²) >= 11 is 5.94. The van der Waals surface area contributed by atoms with Crippen LogP contribution in [0, 0.1) is 5.82 Å². The Hall–Kier alpha value is -2.40. The quantitative estimate of drug-likeness (QED) is 0.883. The average molecular weight is 335 g/mol. The van der Waals surface area contributed by atoms with Crippen LogP contribution >= 0.6 is 11.6 Å². The van der Waals surface area contributed by atoms with Crippen molar-refractivity contribution in [2.24, 2.45) is 0 Å². The minimum atomic E-state index is -0.395. The van der Waals surface area contributed by atoms with E-state index < -0.39 is 5.82 Å². The zero-order chi connectivity index (χ0) is 16.8. The number of halogens is 2. The van der Waals surface area contributed by atoms with Crippen LogP contribution in [-0.4, -0.2) is 25.4 Å². The molecule has 6 heteroatoms. The van der Waals surface area contributed by atoms with Gasteiger partial charge in [0.25, 0.3) is 11.8 Å². The molecule has 2 N–H and O–H groups in total. The molecule has 2 rings (SSSR count). The Morgan fingerprint density at radius 3 is 2.39 bits per heavy atom. The van der Waals surface area contributed by atoms with E-state index in [2.05, 4.69) is 10.6 Å². The zero-order valence-corrected chi connectivity index (χ0v) is 13.3. The van der Waals surface area contributed by atoms with E-state index in [9.17, 15) is 14.0 Å². The third kappa shape index (κ3) is 4.29. The van der Waals surface area contributed by atoms with Crippen molar-refractivity contribution in [3.63, 3.8) is 0 Å². The van der Waals surface area contributed by atoms with Gasteiger partial charge in [0, 0.05) is 35.3 Å². The zero-order valence-electron chi connectivity index (χ0n) is 12.5. The molecule has 0 radical (unpaired) electrons. The maximum absolute atomic E-state index is 13.6. The molecule has 4 nitrogen and oxygen atoms in total. The number of amides is 2. The molecule has 0 saturated heterocycles. The highest BCUT2D eigenvalue weighted by molar-refractivity contribution is 6.31.